The first kappa shape index (κ1) is 14.3. The van der Waals surface area contributed by atoms with Gasteiger partial charge in [0.1, 0.15) is 0 Å². The van der Waals surface area contributed by atoms with Gasteiger partial charge in [-0.15, -0.1) is 11.3 Å². The number of thiazole rings is 1. The maximum atomic E-state index is 12.6. The summed E-state index contributed by atoms with van der Waals surface area (Å²) in [5, 5.41) is 10.3. The summed E-state index contributed by atoms with van der Waals surface area (Å²) in [6.45, 7) is 5.57. The van der Waals surface area contributed by atoms with Crippen molar-refractivity contribution < 1.29 is 4.79 Å². The molecule has 0 radical (unpaired) electrons. The van der Waals surface area contributed by atoms with Crippen molar-refractivity contribution in [3.05, 3.63) is 33.5 Å². The van der Waals surface area contributed by atoms with Crippen molar-refractivity contribution in [1.82, 2.24) is 20.1 Å². The summed E-state index contributed by atoms with van der Waals surface area (Å²) >= 11 is 1.69. The van der Waals surface area contributed by atoms with Crippen LogP contribution in [-0.2, 0) is 11.2 Å². The van der Waals surface area contributed by atoms with Crippen LogP contribution in [0.5, 0.6) is 0 Å². The summed E-state index contributed by atoms with van der Waals surface area (Å²) in [6, 6.07) is 0. The summed E-state index contributed by atoms with van der Waals surface area (Å²) in [5.74, 6) is 0.595. The number of aromatic nitrogens is 3. The number of nitrogens with one attached hydrogen (secondary N) is 1. The van der Waals surface area contributed by atoms with Crippen LogP contribution in [0.3, 0.4) is 0 Å². The number of amides is 1. The van der Waals surface area contributed by atoms with E-state index >= 15 is 0 Å². The van der Waals surface area contributed by atoms with Gasteiger partial charge in [-0.2, -0.15) is 5.10 Å². The molecule has 3 heterocycles. The molecule has 1 saturated heterocycles. The smallest absolute Gasteiger partial charge is 0.227 e. The van der Waals surface area contributed by atoms with Crippen LogP contribution in [0.1, 0.15) is 40.7 Å². The topological polar surface area (TPSA) is 61.9 Å². The summed E-state index contributed by atoms with van der Waals surface area (Å²) in [5.41, 5.74) is 2.96. The standard InChI is InChI=1S/C15H20N4OS/c1-10-13(11(2)18-17-10)8-14(20)19-6-3-4-12(9-19)15-16-5-7-21-15/h5,7,12H,3-4,6,8-9H2,1-2H3,(H,17,18)/t12-/m0/s1. The molecular weight excluding hydrogens is 284 g/mol. The third kappa shape index (κ3) is 3.00. The Kier molecular flexibility index (Phi) is 4.05. The van der Waals surface area contributed by atoms with Crippen molar-refractivity contribution in [3.63, 3.8) is 0 Å². The highest BCUT2D eigenvalue weighted by Crippen LogP contribution is 2.28. The van der Waals surface area contributed by atoms with Gasteiger partial charge in [-0.05, 0) is 26.7 Å². The number of hydrogen-bond acceptors (Lipinski definition) is 4. The highest BCUT2D eigenvalue weighted by atomic mass is 32.1. The van der Waals surface area contributed by atoms with E-state index in [0.29, 0.717) is 12.3 Å². The molecule has 0 bridgehead atoms. The molecule has 1 fully saturated rings. The van der Waals surface area contributed by atoms with Crippen molar-refractivity contribution in [2.75, 3.05) is 13.1 Å². The zero-order valence-corrected chi connectivity index (χ0v) is 13.2. The Bertz CT molecular complexity index is 600. The van der Waals surface area contributed by atoms with Gasteiger partial charge < -0.3 is 4.90 Å². The quantitative estimate of drug-likeness (QED) is 0.947. The van der Waals surface area contributed by atoms with Crippen LogP contribution >= 0.6 is 11.3 Å². The minimum Gasteiger partial charge on any atom is -0.342 e. The second kappa shape index (κ2) is 5.97. The van der Waals surface area contributed by atoms with Crippen molar-refractivity contribution in [2.45, 2.75) is 39.0 Å². The third-order valence-electron chi connectivity index (χ3n) is 4.18. The molecule has 0 aliphatic carbocycles. The molecule has 0 unspecified atom stereocenters. The van der Waals surface area contributed by atoms with E-state index in [1.165, 1.54) is 0 Å². The fourth-order valence-corrected chi connectivity index (χ4v) is 3.71. The van der Waals surface area contributed by atoms with Crippen LogP contribution < -0.4 is 0 Å². The van der Waals surface area contributed by atoms with E-state index in [1.54, 1.807) is 11.3 Å². The summed E-state index contributed by atoms with van der Waals surface area (Å²) < 4.78 is 0. The molecular formula is C15H20N4OS. The number of rotatable bonds is 3. The Morgan fingerprint density at radius 3 is 3.05 bits per heavy atom. The molecule has 5 nitrogen and oxygen atoms in total. The molecule has 3 rings (SSSR count). The number of aryl methyl sites for hydroxylation is 2. The number of carbonyl (C=O) groups excluding carboxylic acids is 1. The minimum absolute atomic E-state index is 0.198. The van der Waals surface area contributed by atoms with Crippen molar-refractivity contribution in [2.24, 2.45) is 0 Å². The number of likely N-dealkylation sites (tertiary alicyclic amines) is 1. The number of carbonyl (C=O) groups is 1. The molecule has 0 saturated carbocycles. The van der Waals surface area contributed by atoms with Gasteiger partial charge in [-0.3, -0.25) is 9.89 Å². The second-order valence-corrected chi connectivity index (χ2v) is 6.56. The van der Waals surface area contributed by atoms with E-state index in [2.05, 4.69) is 15.2 Å². The molecule has 112 valence electrons. The number of hydrogen-bond donors (Lipinski definition) is 1. The van der Waals surface area contributed by atoms with E-state index in [0.717, 1.165) is 47.9 Å². The third-order valence-corrected chi connectivity index (χ3v) is 5.12. The van der Waals surface area contributed by atoms with Gasteiger partial charge in [0.15, 0.2) is 0 Å². The van der Waals surface area contributed by atoms with Gasteiger partial charge in [0.25, 0.3) is 0 Å². The first-order chi connectivity index (χ1) is 10.1. The van der Waals surface area contributed by atoms with Crippen LogP contribution in [0.4, 0.5) is 0 Å². The fraction of sp³-hybridized carbons (Fsp3) is 0.533. The van der Waals surface area contributed by atoms with Crippen LogP contribution in [0.15, 0.2) is 11.6 Å². The van der Waals surface area contributed by atoms with Gasteiger partial charge in [0.05, 0.1) is 17.1 Å². The Morgan fingerprint density at radius 1 is 1.52 bits per heavy atom. The van der Waals surface area contributed by atoms with Gasteiger partial charge in [-0.1, -0.05) is 0 Å². The normalized spacial score (nSPS) is 19.0. The zero-order chi connectivity index (χ0) is 14.8. The molecule has 2 aromatic heterocycles. The fourth-order valence-electron chi connectivity index (χ4n) is 2.94. The summed E-state index contributed by atoms with van der Waals surface area (Å²) in [7, 11) is 0. The van der Waals surface area contributed by atoms with E-state index in [1.807, 2.05) is 30.3 Å². The lowest BCUT2D eigenvalue weighted by molar-refractivity contribution is -0.131. The molecule has 1 amide bonds. The maximum Gasteiger partial charge on any atom is 0.227 e. The largest absolute Gasteiger partial charge is 0.342 e. The monoisotopic (exact) mass is 304 g/mol. The van der Waals surface area contributed by atoms with E-state index in [9.17, 15) is 4.79 Å². The Labute approximate surface area is 128 Å². The number of aromatic amines is 1. The Morgan fingerprint density at radius 2 is 2.38 bits per heavy atom. The van der Waals surface area contributed by atoms with Crippen molar-refractivity contribution in [1.29, 1.82) is 0 Å². The number of piperidine rings is 1. The molecule has 1 aliphatic heterocycles. The lowest BCUT2D eigenvalue weighted by Gasteiger charge is -2.32. The Balaban J connectivity index is 1.67. The van der Waals surface area contributed by atoms with E-state index < -0.39 is 0 Å². The van der Waals surface area contributed by atoms with E-state index in [4.69, 9.17) is 0 Å². The van der Waals surface area contributed by atoms with Gasteiger partial charge in [0, 0.05) is 41.8 Å². The van der Waals surface area contributed by atoms with Gasteiger partial charge in [-0.25, -0.2) is 4.98 Å². The first-order valence-electron chi connectivity index (χ1n) is 7.32. The van der Waals surface area contributed by atoms with Crippen LogP contribution in [0.2, 0.25) is 0 Å². The lowest BCUT2D eigenvalue weighted by Crippen LogP contribution is -2.40. The molecule has 0 spiro atoms. The molecule has 1 aliphatic rings. The molecule has 1 atom stereocenters. The van der Waals surface area contributed by atoms with Gasteiger partial charge >= 0.3 is 0 Å². The first-order valence-corrected chi connectivity index (χ1v) is 8.20. The number of nitrogens with zero attached hydrogens (tertiary/aromatic N) is 3. The predicted octanol–water partition coefficient (Wildman–Crippen LogP) is 2.43. The highest BCUT2D eigenvalue weighted by Gasteiger charge is 2.26. The number of H-pyrrole nitrogens is 1. The lowest BCUT2D eigenvalue weighted by atomic mass is 9.98. The minimum atomic E-state index is 0.198. The van der Waals surface area contributed by atoms with E-state index in [-0.39, 0.29) is 5.91 Å². The highest BCUT2D eigenvalue weighted by molar-refractivity contribution is 7.09. The average molecular weight is 304 g/mol. The maximum absolute atomic E-state index is 12.6. The average Bonchev–Trinajstić information content (AvgIpc) is 3.13. The second-order valence-electron chi connectivity index (χ2n) is 5.64. The Hall–Kier alpha value is -1.69. The summed E-state index contributed by atoms with van der Waals surface area (Å²) in [6.07, 6.45) is 4.47. The van der Waals surface area contributed by atoms with Crippen LogP contribution in [0, 0.1) is 13.8 Å². The molecule has 0 aromatic carbocycles. The van der Waals surface area contributed by atoms with Crippen LogP contribution in [-0.4, -0.2) is 39.1 Å². The molecule has 21 heavy (non-hydrogen) atoms. The predicted molar refractivity (Wildman–Crippen MR) is 82.4 cm³/mol. The van der Waals surface area contributed by atoms with Crippen molar-refractivity contribution >= 4 is 17.2 Å². The molecule has 2 aromatic rings. The van der Waals surface area contributed by atoms with Gasteiger partial charge in [0.2, 0.25) is 5.91 Å². The zero-order valence-electron chi connectivity index (χ0n) is 12.4. The van der Waals surface area contributed by atoms with Crippen LogP contribution in [0.25, 0.3) is 0 Å². The molecule has 6 heteroatoms. The SMILES string of the molecule is Cc1n[nH]c(C)c1CC(=O)N1CCC[C@H](c2nccs2)C1. The summed E-state index contributed by atoms with van der Waals surface area (Å²) in [4.78, 5) is 18.9. The molecule has 1 N–H and O–H groups in total. The van der Waals surface area contributed by atoms with Crippen molar-refractivity contribution in [3.8, 4) is 0 Å².